The molecule has 0 unspecified atom stereocenters. The van der Waals surface area contributed by atoms with E-state index in [4.69, 9.17) is 4.42 Å². The van der Waals surface area contributed by atoms with E-state index in [9.17, 15) is 0 Å². The number of hydrogen-bond donors (Lipinski definition) is 0. The zero-order valence-electron chi connectivity index (χ0n) is 8.45. The third kappa shape index (κ3) is 1.84. The summed E-state index contributed by atoms with van der Waals surface area (Å²) in [5.41, 5.74) is 2.25. The van der Waals surface area contributed by atoms with Crippen molar-refractivity contribution in [1.82, 2.24) is 4.98 Å². The van der Waals surface area contributed by atoms with Gasteiger partial charge in [0.25, 0.3) is 0 Å². The molecule has 14 heavy (non-hydrogen) atoms. The lowest BCUT2D eigenvalue weighted by Gasteiger charge is -1.95. The first kappa shape index (κ1) is 9.00. The van der Waals surface area contributed by atoms with Crippen LogP contribution in [0.5, 0.6) is 0 Å². The second kappa shape index (κ2) is 3.66. The van der Waals surface area contributed by atoms with E-state index in [1.165, 1.54) is 5.56 Å². The molecule has 2 heterocycles. The molecule has 0 saturated heterocycles. The van der Waals surface area contributed by atoms with Gasteiger partial charge in [-0.15, -0.1) is 0 Å². The van der Waals surface area contributed by atoms with Crippen molar-refractivity contribution in [3.63, 3.8) is 0 Å². The second-order valence-corrected chi connectivity index (χ2v) is 3.45. The summed E-state index contributed by atoms with van der Waals surface area (Å²) in [6.45, 7) is 4.04. The maximum absolute atomic E-state index is 5.58. The summed E-state index contributed by atoms with van der Waals surface area (Å²) >= 11 is 0. The minimum atomic E-state index is 0.773. The van der Waals surface area contributed by atoms with Gasteiger partial charge < -0.3 is 4.42 Å². The van der Waals surface area contributed by atoms with Crippen LogP contribution >= 0.6 is 0 Å². The topological polar surface area (TPSA) is 26.0 Å². The molecule has 0 atom stereocenters. The normalized spacial score (nSPS) is 10.4. The Bertz CT molecular complexity index is 398. The zero-order chi connectivity index (χ0) is 9.97. The van der Waals surface area contributed by atoms with E-state index in [2.05, 4.69) is 18.0 Å². The van der Waals surface area contributed by atoms with Crippen LogP contribution in [0.15, 0.2) is 34.9 Å². The Morgan fingerprint density at radius 1 is 1.29 bits per heavy atom. The first-order chi connectivity index (χ1) is 6.75. The van der Waals surface area contributed by atoms with Crippen LogP contribution < -0.4 is 0 Å². The number of furan rings is 1. The molecule has 2 heteroatoms. The highest BCUT2D eigenvalue weighted by atomic mass is 16.3. The van der Waals surface area contributed by atoms with Crippen LogP contribution in [0.25, 0.3) is 0 Å². The third-order valence-electron chi connectivity index (χ3n) is 2.30. The van der Waals surface area contributed by atoms with Gasteiger partial charge in [0.15, 0.2) is 0 Å². The highest BCUT2D eigenvalue weighted by Gasteiger charge is 2.04. The molecule has 0 saturated carbocycles. The molecule has 2 nitrogen and oxygen atoms in total. The molecule has 2 aromatic rings. The number of hydrogen-bond acceptors (Lipinski definition) is 2. The highest BCUT2D eigenvalue weighted by Crippen LogP contribution is 2.15. The zero-order valence-corrected chi connectivity index (χ0v) is 8.45. The van der Waals surface area contributed by atoms with Crippen LogP contribution in [0.4, 0.5) is 0 Å². The van der Waals surface area contributed by atoms with E-state index < -0.39 is 0 Å². The van der Waals surface area contributed by atoms with E-state index in [0.717, 1.165) is 23.6 Å². The molecule has 0 bridgehead atoms. The number of aromatic nitrogens is 1. The van der Waals surface area contributed by atoms with Crippen molar-refractivity contribution in [3.05, 3.63) is 53.2 Å². The highest BCUT2D eigenvalue weighted by molar-refractivity contribution is 5.22. The fraction of sp³-hybridized carbons (Fsp3) is 0.250. The maximum atomic E-state index is 5.58. The SMILES string of the molecule is Cc1cc(Cc2ccccn2)oc1C. The van der Waals surface area contributed by atoms with Crippen molar-refractivity contribution in [3.8, 4) is 0 Å². The average Bonchev–Trinajstić information content (AvgIpc) is 2.47. The lowest BCUT2D eigenvalue weighted by molar-refractivity contribution is 0.490. The molecular formula is C12H13NO. The van der Waals surface area contributed by atoms with Crippen LogP contribution in [-0.4, -0.2) is 4.98 Å². The van der Waals surface area contributed by atoms with Crippen molar-refractivity contribution in [2.24, 2.45) is 0 Å². The monoisotopic (exact) mass is 187 g/mol. The van der Waals surface area contributed by atoms with Gasteiger partial charge in [0, 0.05) is 18.3 Å². The van der Waals surface area contributed by atoms with Crippen LogP contribution in [0, 0.1) is 13.8 Å². The van der Waals surface area contributed by atoms with Gasteiger partial charge in [-0.1, -0.05) is 6.07 Å². The first-order valence-electron chi connectivity index (χ1n) is 4.71. The molecule has 0 radical (unpaired) electrons. The Morgan fingerprint density at radius 3 is 2.71 bits per heavy atom. The Kier molecular flexibility index (Phi) is 2.35. The van der Waals surface area contributed by atoms with Gasteiger partial charge in [-0.2, -0.15) is 0 Å². The largest absolute Gasteiger partial charge is 0.466 e. The van der Waals surface area contributed by atoms with Crippen LogP contribution in [-0.2, 0) is 6.42 Å². The standard InChI is InChI=1S/C12H13NO/c1-9-7-12(14-10(9)2)8-11-5-3-4-6-13-11/h3-7H,8H2,1-2H3. The van der Waals surface area contributed by atoms with E-state index >= 15 is 0 Å². The summed E-state index contributed by atoms with van der Waals surface area (Å²) in [6.07, 6.45) is 2.58. The van der Waals surface area contributed by atoms with E-state index in [1.54, 1.807) is 6.20 Å². The molecule has 0 spiro atoms. The van der Waals surface area contributed by atoms with Crippen LogP contribution in [0.3, 0.4) is 0 Å². The molecule has 72 valence electrons. The number of aryl methyl sites for hydroxylation is 2. The van der Waals surface area contributed by atoms with Gasteiger partial charge in [0.1, 0.15) is 11.5 Å². The van der Waals surface area contributed by atoms with Gasteiger partial charge in [0.05, 0.1) is 0 Å². The van der Waals surface area contributed by atoms with Gasteiger partial charge in [0.2, 0.25) is 0 Å². The van der Waals surface area contributed by atoms with Crippen LogP contribution in [0.1, 0.15) is 22.8 Å². The first-order valence-corrected chi connectivity index (χ1v) is 4.71. The van der Waals surface area contributed by atoms with Gasteiger partial charge in [-0.05, 0) is 37.6 Å². The predicted octanol–water partition coefficient (Wildman–Crippen LogP) is 2.88. The summed E-state index contributed by atoms with van der Waals surface area (Å²) in [5, 5.41) is 0. The predicted molar refractivity (Wildman–Crippen MR) is 55.2 cm³/mol. The van der Waals surface area contributed by atoms with Gasteiger partial charge in [-0.3, -0.25) is 4.98 Å². The summed E-state index contributed by atoms with van der Waals surface area (Å²) in [4.78, 5) is 4.25. The molecule has 2 rings (SSSR count). The quantitative estimate of drug-likeness (QED) is 0.722. The van der Waals surface area contributed by atoms with E-state index in [0.29, 0.717) is 0 Å². The molecule has 0 aliphatic heterocycles. The number of nitrogens with zero attached hydrogens (tertiary/aromatic N) is 1. The van der Waals surface area contributed by atoms with Crippen molar-refractivity contribution >= 4 is 0 Å². The van der Waals surface area contributed by atoms with Crippen molar-refractivity contribution < 1.29 is 4.42 Å². The fourth-order valence-corrected chi connectivity index (χ4v) is 1.42. The molecule has 0 aromatic carbocycles. The lowest BCUT2D eigenvalue weighted by atomic mass is 10.2. The average molecular weight is 187 g/mol. The Balaban J connectivity index is 2.19. The number of pyridine rings is 1. The van der Waals surface area contributed by atoms with Crippen molar-refractivity contribution in [1.29, 1.82) is 0 Å². The Morgan fingerprint density at radius 2 is 2.14 bits per heavy atom. The third-order valence-corrected chi connectivity index (χ3v) is 2.30. The maximum Gasteiger partial charge on any atom is 0.110 e. The molecular weight excluding hydrogens is 174 g/mol. The summed E-state index contributed by atoms with van der Waals surface area (Å²) in [7, 11) is 0. The lowest BCUT2D eigenvalue weighted by Crippen LogP contribution is -1.88. The molecule has 2 aromatic heterocycles. The molecule has 0 fully saturated rings. The van der Waals surface area contributed by atoms with E-state index in [-0.39, 0.29) is 0 Å². The number of rotatable bonds is 2. The Hall–Kier alpha value is -1.57. The van der Waals surface area contributed by atoms with Gasteiger partial charge >= 0.3 is 0 Å². The van der Waals surface area contributed by atoms with Gasteiger partial charge in [-0.25, -0.2) is 0 Å². The van der Waals surface area contributed by atoms with Crippen molar-refractivity contribution in [2.45, 2.75) is 20.3 Å². The minimum Gasteiger partial charge on any atom is -0.466 e. The smallest absolute Gasteiger partial charge is 0.110 e. The van der Waals surface area contributed by atoms with Crippen molar-refractivity contribution in [2.75, 3.05) is 0 Å². The minimum absolute atomic E-state index is 0.773. The molecule has 0 amide bonds. The molecule has 0 aliphatic carbocycles. The summed E-state index contributed by atoms with van der Waals surface area (Å²) in [5.74, 6) is 1.98. The fourth-order valence-electron chi connectivity index (χ4n) is 1.42. The van der Waals surface area contributed by atoms with E-state index in [1.807, 2.05) is 25.1 Å². The van der Waals surface area contributed by atoms with Crippen LogP contribution in [0.2, 0.25) is 0 Å². The Labute approximate surface area is 83.6 Å². The second-order valence-electron chi connectivity index (χ2n) is 3.45. The summed E-state index contributed by atoms with van der Waals surface area (Å²) < 4.78 is 5.58. The summed E-state index contributed by atoms with van der Waals surface area (Å²) in [6, 6.07) is 7.99. The molecule has 0 aliphatic rings. The molecule has 0 N–H and O–H groups in total.